The molecular weight excluding hydrogens is 260 g/mol. The Hall–Kier alpha value is -1.02. The van der Waals surface area contributed by atoms with E-state index in [1.807, 2.05) is 12.1 Å². The summed E-state index contributed by atoms with van der Waals surface area (Å²) in [6.45, 7) is 4.67. The third kappa shape index (κ3) is 1.81. The van der Waals surface area contributed by atoms with Crippen LogP contribution in [0.15, 0.2) is 18.2 Å². The van der Waals surface area contributed by atoms with Crippen LogP contribution in [0.25, 0.3) is 0 Å². The molecule has 2 saturated carbocycles. The van der Waals surface area contributed by atoms with Gasteiger partial charge in [0.15, 0.2) is 0 Å². The van der Waals surface area contributed by atoms with E-state index in [0.717, 1.165) is 18.8 Å². The molecule has 1 aromatic carbocycles. The molecule has 3 unspecified atom stereocenters. The molecule has 4 rings (SSSR count). The van der Waals surface area contributed by atoms with Crippen molar-refractivity contribution in [2.75, 3.05) is 0 Å². The second-order valence-corrected chi connectivity index (χ2v) is 7.93. The Morgan fingerprint density at radius 3 is 2.86 bits per heavy atom. The van der Waals surface area contributed by atoms with Gasteiger partial charge in [-0.2, -0.15) is 0 Å². The lowest BCUT2D eigenvalue weighted by atomic mass is 9.54. The highest BCUT2D eigenvalue weighted by atomic mass is 16.3. The standard InChI is InChI=1S/C19H26O2/c1-11-18(21)10-17-16-5-3-12-9-13(20)4-6-14(12)15(16)7-8-19(11,17)2/h4,6,9,11,15-18,20-21H,3,5,7-8,10H2,1-2H3/t11-,15?,16?,17?,18+,19+/m0/s1. The summed E-state index contributed by atoms with van der Waals surface area (Å²) in [6, 6.07) is 5.96. The Balaban J connectivity index is 1.71. The Labute approximate surface area is 127 Å². The van der Waals surface area contributed by atoms with Crippen molar-refractivity contribution >= 4 is 0 Å². The zero-order chi connectivity index (χ0) is 14.8. The molecule has 0 saturated heterocycles. The highest BCUT2D eigenvalue weighted by Gasteiger charge is 2.56. The zero-order valence-corrected chi connectivity index (χ0v) is 13.0. The summed E-state index contributed by atoms with van der Waals surface area (Å²) in [4.78, 5) is 0. The molecule has 0 aliphatic heterocycles. The van der Waals surface area contributed by atoms with E-state index in [0.29, 0.717) is 28.9 Å². The highest BCUT2D eigenvalue weighted by Crippen LogP contribution is 2.62. The molecule has 0 heterocycles. The average molecular weight is 286 g/mol. The van der Waals surface area contributed by atoms with Gasteiger partial charge >= 0.3 is 0 Å². The first kappa shape index (κ1) is 13.6. The number of rotatable bonds is 0. The van der Waals surface area contributed by atoms with E-state index in [9.17, 15) is 10.2 Å². The number of phenolic OH excluding ortho intramolecular Hbond substituents is 1. The second-order valence-electron chi connectivity index (χ2n) is 7.93. The maximum atomic E-state index is 10.4. The van der Waals surface area contributed by atoms with Crippen molar-refractivity contribution in [1.82, 2.24) is 0 Å². The number of hydrogen-bond donors (Lipinski definition) is 2. The predicted octanol–water partition coefficient (Wildman–Crippen LogP) is 3.86. The number of hydrogen-bond acceptors (Lipinski definition) is 2. The highest BCUT2D eigenvalue weighted by molar-refractivity contribution is 5.40. The largest absolute Gasteiger partial charge is 0.508 e. The lowest BCUT2D eigenvalue weighted by Crippen LogP contribution is -2.42. The molecule has 114 valence electrons. The molecule has 21 heavy (non-hydrogen) atoms. The quantitative estimate of drug-likeness (QED) is 0.760. The van der Waals surface area contributed by atoms with Gasteiger partial charge in [-0.05, 0) is 84.5 Å². The Morgan fingerprint density at radius 1 is 1.24 bits per heavy atom. The van der Waals surface area contributed by atoms with E-state index in [4.69, 9.17) is 0 Å². The van der Waals surface area contributed by atoms with E-state index in [-0.39, 0.29) is 6.10 Å². The molecule has 0 radical (unpaired) electrons. The van der Waals surface area contributed by atoms with Crippen molar-refractivity contribution in [1.29, 1.82) is 0 Å². The SMILES string of the molecule is C[C@H]1[C@H](O)CC2C3CCc4cc(O)ccc4C3CC[C@@]21C. The van der Waals surface area contributed by atoms with Gasteiger partial charge in [0, 0.05) is 0 Å². The van der Waals surface area contributed by atoms with E-state index >= 15 is 0 Å². The Kier molecular flexibility index (Phi) is 2.91. The fraction of sp³-hybridized carbons (Fsp3) is 0.684. The number of fused-ring (bicyclic) bond motifs is 5. The summed E-state index contributed by atoms with van der Waals surface area (Å²) in [6.07, 6.45) is 5.67. The molecule has 2 N–H and O–H groups in total. The molecule has 2 nitrogen and oxygen atoms in total. The third-order valence-corrected chi connectivity index (χ3v) is 7.26. The molecule has 0 aromatic heterocycles. The first-order valence-electron chi connectivity index (χ1n) is 8.50. The van der Waals surface area contributed by atoms with Crippen molar-refractivity contribution in [2.45, 2.75) is 58.0 Å². The fourth-order valence-electron chi connectivity index (χ4n) is 5.83. The molecule has 2 fully saturated rings. The number of aliphatic hydroxyl groups is 1. The minimum Gasteiger partial charge on any atom is -0.508 e. The minimum atomic E-state index is -0.111. The monoisotopic (exact) mass is 286 g/mol. The van der Waals surface area contributed by atoms with Gasteiger partial charge in [0.2, 0.25) is 0 Å². The van der Waals surface area contributed by atoms with Crippen LogP contribution in [0.3, 0.4) is 0 Å². The number of aromatic hydroxyl groups is 1. The topological polar surface area (TPSA) is 40.5 Å². The Bertz CT molecular complexity index is 567. The van der Waals surface area contributed by atoms with Crippen LogP contribution >= 0.6 is 0 Å². The van der Waals surface area contributed by atoms with Gasteiger partial charge in [-0.15, -0.1) is 0 Å². The number of aliphatic hydroxyl groups excluding tert-OH is 1. The van der Waals surface area contributed by atoms with Gasteiger partial charge in [0.1, 0.15) is 5.75 Å². The van der Waals surface area contributed by atoms with E-state index in [1.54, 1.807) is 0 Å². The summed E-state index contributed by atoms with van der Waals surface area (Å²) < 4.78 is 0. The van der Waals surface area contributed by atoms with Crippen LogP contribution in [0.2, 0.25) is 0 Å². The number of benzene rings is 1. The van der Waals surface area contributed by atoms with Crippen molar-refractivity contribution < 1.29 is 10.2 Å². The summed E-state index contributed by atoms with van der Waals surface area (Å²) in [5.41, 5.74) is 3.15. The van der Waals surface area contributed by atoms with Crippen molar-refractivity contribution in [3.63, 3.8) is 0 Å². The molecule has 3 aliphatic rings. The van der Waals surface area contributed by atoms with Crippen molar-refractivity contribution in [3.8, 4) is 5.75 Å². The van der Waals surface area contributed by atoms with Gasteiger partial charge in [-0.3, -0.25) is 0 Å². The first-order chi connectivity index (χ1) is 10.0. The van der Waals surface area contributed by atoms with Gasteiger partial charge < -0.3 is 10.2 Å². The van der Waals surface area contributed by atoms with Crippen LogP contribution in [-0.4, -0.2) is 16.3 Å². The lowest BCUT2D eigenvalue weighted by molar-refractivity contribution is 0.0245. The van der Waals surface area contributed by atoms with E-state index in [2.05, 4.69) is 19.9 Å². The fourth-order valence-corrected chi connectivity index (χ4v) is 5.83. The average Bonchev–Trinajstić information content (AvgIpc) is 2.70. The predicted molar refractivity (Wildman–Crippen MR) is 83.3 cm³/mol. The molecule has 6 atom stereocenters. The van der Waals surface area contributed by atoms with Crippen LogP contribution in [0.5, 0.6) is 5.75 Å². The smallest absolute Gasteiger partial charge is 0.115 e. The number of aryl methyl sites for hydroxylation is 1. The molecule has 2 heteroatoms. The summed E-state index contributed by atoms with van der Waals surface area (Å²) >= 11 is 0. The van der Waals surface area contributed by atoms with Crippen molar-refractivity contribution in [3.05, 3.63) is 29.3 Å². The lowest BCUT2D eigenvalue weighted by Gasteiger charge is -2.50. The summed E-state index contributed by atoms with van der Waals surface area (Å²) in [5.74, 6) is 2.87. The minimum absolute atomic E-state index is 0.111. The normalized spacial score (nSPS) is 44.8. The summed E-state index contributed by atoms with van der Waals surface area (Å²) in [7, 11) is 0. The Morgan fingerprint density at radius 2 is 2.05 bits per heavy atom. The molecule has 1 aromatic rings. The van der Waals surface area contributed by atoms with Gasteiger partial charge in [0.25, 0.3) is 0 Å². The summed E-state index contributed by atoms with van der Waals surface area (Å²) in [5, 5.41) is 20.1. The van der Waals surface area contributed by atoms with Crippen LogP contribution in [0.1, 0.15) is 56.6 Å². The molecular formula is C19H26O2. The maximum absolute atomic E-state index is 10.4. The van der Waals surface area contributed by atoms with E-state index < -0.39 is 0 Å². The van der Waals surface area contributed by atoms with E-state index in [1.165, 1.54) is 30.4 Å². The first-order valence-corrected chi connectivity index (χ1v) is 8.50. The third-order valence-electron chi connectivity index (χ3n) is 7.26. The van der Waals surface area contributed by atoms with Gasteiger partial charge in [0.05, 0.1) is 6.10 Å². The van der Waals surface area contributed by atoms with Crippen LogP contribution in [0, 0.1) is 23.2 Å². The van der Waals surface area contributed by atoms with Crippen molar-refractivity contribution in [2.24, 2.45) is 23.2 Å². The molecule has 0 bridgehead atoms. The maximum Gasteiger partial charge on any atom is 0.115 e. The molecule has 0 spiro atoms. The molecule has 3 aliphatic carbocycles. The number of phenols is 1. The van der Waals surface area contributed by atoms with Gasteiger partial charge in [-0.25, -0.2) is 0 Å². The second kappa shape index (κ2) is 4.49. The molecule has 0 amide bonds. The van der Waals surface area contributed by atoms with Crippen LogP contribution in [-0.2, 0) is 6.42 Å². The van der Waals surface area contributed by atoms with Crippen LogP contribution < -0.4 is 0 Å². The zero-order valence-electron chi connectivity index (χ0n) is 13.0. The van der Waals surface area contributed by atoms with Gasteiger partial charge in [-0.1, -0.05) is 19.9 Å². The van der Waals surface area contributed by atoms with Crippen LogP contribution in [0.4, 0.5) is 0 Å².